The number of esters is 3. The number of ether oxygens (including phenoxy) is 3. The number of carbonyl (C=O) groups excluding carboxylic acids is 3. The molecular formula is C16H24Cl2O7. The first-order valence-electron chi connectivity index (χ1n) is 7.66. The Balaban J connectivity index is 5.06. The van der Waals surface area contributed by atoms with Gasteiger partial charge in [0, 0.05) is 5.92 Å². The molecule has 9 heteroatoms. The standard InChI is InChI=1S/C16H24Cl2O7/c1-4-11(6-16(3,22)7-13(19)23-5-2)12(25-15(21)9-18)10-24-14(20)8-17/h4,11-12,22H,1,5-10H2,2-3H3/t11-,12+,16+/m0/s1. The first kappa shape index (κ1) is 23.7. The Labute approximate surface area is 157 Å². The molecule has 0 rings (SSSR count). The van der Waals surface area contributed by atoms with Gasteiger partial charge in [-0.15, -0.1) is 29.8 Å². The Kier molecular flexibility index (Phi) is 11.5. The monoisotopic (exact) mass is 398 g/mol. The molecule has 0 aromatic heterocycles. The van der Waals surface area contributed by atoms with Crippen LogP contribution in [0.3, 0.4) is 0 Å². The molecule has 0 aromatic carbocycles. The molecule has 0 fully saturated rings. The van der Waals surface area contributed by atoms with Gasteiger partial charge in [-0.3, -0.25) is 14.4 Å². The summed E-state index contributed by atoms with van der Waals surface area (Å²) in [6.45, 7) is 6.67. The molecule has 0 radical (unpaired) electrons. The molecule has 0 saturated heterocycles. The Morgan fingerprint density at radius 2 is 1.76 bits per heavy atom. The van der Waals surface area contributed by atoms with Gasteiger partial charge in [0.1, 0.15) is 24.5 Å². The van der Waals surface area contributed by atoms with E-state index in [0.717, 1.165) is 0 Å². The van der Waals surface area contributed by atoms with Crippen molar-refractivity contribution in [3.05, 3.63) is 12.7 Å². The van der Waals surface area contributed by atoms with E-state index in [1.54, 1.807) is 6.92 Å². The highest BCUT2D eigenvalue weighted by molar-refractivity contribution is 6.26. The molecule has 0 heterocycles. The van der Waals surface area contributed by atoms with Crippen LogP contribution in [0.4, 0.5) is 0 Å². The van der Waals surface area contributed by atoms with Crippen LogP contribution in [0.5, 0.6) is 0 Å². The summed E-state index contributed by atoms with van der Waals surface area (Å²) < 4.78 is 14.9. The van der Waals surface area contributed by atoms with E-state index in [1.165, 1.54) is 13.0 Å². The van der Waals surface area contributed by atoms with Crippen LogP contribution < -0.4 is 0 Å². The smallest absolute Gasteiger partial charge is 0.321 e. The highest BCUT2D eigenvalue weighted by Crippen LogP contribution is 2.26. The van der Waals surface area contributed by atoms with Crippen molar-refractivity contribution in [1.29, 1.82) is 0 Å². The molecule has 144 valence electrons. The third kappa shape index (κ3) is 10.3. The SMILES string of the molecule is C=C[C@@H](C[C@@](C)(O)CC(=O)OCC)[C@@H](COC(=O)CCl)OC(=O)CCl. The fraction of sp³-hybridized carbons (Fsp3) is 0.688. The van der Waals surface area contributed by atoms with Crippen LogP contribution in [0, 0.1) is 5.92 Å². The van der Waals surface area contributed by atoms with Gasteiger partial charge in [0.05, 0.1) is 18.6 Å². The van der Waals surface area contributed by atoms with Gasteiger partial charge in [0.2, 0.25) is 0 Å². The largest absolute Gasteiger partial charge is 0.466 e. The lowest BCUT2D eigenvalue weighted by Crippen LogP contribution is -2.38. The lowest BCUT2D eigenvalue weighted by Gasteiger charge is -2.30. The Bertz CT molecular complexity index is 465. The summed E-state index contributed by atoms with van der Waals surface area (Å²) in [5, 5.41) is 10.4. The van der Waals surface area contributed by atoms with Crippen LogP contribution in [0.15, 0.2) is 12.7 Å². The summed E-state index contributed by atoms with van der Waals surface area (Å²) in [6.07, 6.45) is 0.293. The Morgan fingerprint density at radius 3 is 2.24 bits per heavy atom. The molecule has 0 aromatic rings. The number of alkyl halides is 2. The van der Waals surface area contributed by atoms with Crippen LogP contribution >= 0.6 is 23.2 Å². The number of halogens is 2. The van der Waals surface area contributed by atoms with Gasteiger partial charge in [-0.2, -0.15) is 0 Å². The maximum Gasteiger partial charge on any atom is 0.321 e. The lowest BCUT2D eigenvalue weighted by molar-refractivity contribution is -0.160. The molecule has 0 unspecified atom stereocenters. The predicted octanol–water partition coefficient (Wildman–Crippen LogP) is 1.82. The van der Waals surface area contributed by atoms with Crippen molar-refractivity contribution in [2.24, 2.45) is 5.92 Å². The van der Waals surface area contributed by atoms with E-state index in [9.17, 15) is 19.5 Å². The number of hydrogen-bond donors (Lipinski definition) is 1. The predicted molar refractivity (Wildman–Crippen MR) is 92.5 cm³/mol. The van der Waals surface area contributed by atoms with Gasteiger partial charge in [-0.1, -0.05) is 6.08 Å². The van der Waals surface area contributed by atoms with E-state index in [0.29, 0.717) is 0 Å². The summed E-state index contributed by atoms with van der Waals surface area (Å²) in [5.74, 6) is -3.29. The second-order valence-corrected chi connectivity index (χ2v) is 6.10. The van der Waals surface area contributed by atoms with Crippen molar-refractivity contribution in [3.8, 4) is 0 Å². The zero-order chi connectivity index (χ0) is 19.5. The fourth-order valence-electron chi connectivity index (χ4n) is 2.13. The normalized spacial score (nSPS) is 15.4. The first-order chi connectivity index (χ1) is 11.7. The Hall–Kier alpha value is -1.31. The minimum Gasteiger partial charge on any atom is -0.466 e. The quantitative estimate of drug-likeness (QED) is 0.231. The Morgan fingerprint density at radius 1 is 1.16 bits per heavy atom. The number of rotatable bonds is 12. The van der Waals surface area contributed by atoms with Crippen LogP contribution in [0.25, 0.3) is 0 Å². The maximum atomic E-state index is 11.6. The van der Waals surface area contributed by atoms with E-state index in [-0.39, 0.29) is 37.8 Å². The molecule has 0 saturated carbocycles. The zero-order valence-corrected chi connectivity index (χ0v) is 15.8. The molecule has 0 amide bonds. The van der Waals surface area contributed by atoms with Crippen molar-refractivity contribution < 1.29 is 33.7 Å². The number of hydrogen-bond acceptors (Lipinski definition) is 7. The van der Waals surface area contributed by atoms with Gasteiger partial charge in [0.25, 0.3) is 0 Å². The highest BCUT2D eigenvalue weighted by atomic mass is 35.5. The zero-order valence-electron chi connectivity index (χ0n) is 14.3. The summed E-state index contributed by atoms with van der Waals surface area (Å²) in [7, 11) is 0. The average Bonchev–Trinajstić information content (AvgIpc) is 2.55. The summed E-state index contributed by atoms with van der Waals surface area (Å²) in [5.41, 5.74) is -1.44. The molecule has 25 heavy (non-hydrogen) atoms. The van der Waals surface area contributed by atoms with E-state index < -0.39 is 35.5 Å². The van der Waals surface area contributed by atoms with Gasteiger partial charge in [0.15, 0.2) is 0 Å². The summed E-state index contributed by atoms with van der Waals surface area (Å²) in [6, 6.07) is 0. The average molecular weight is 399 g/mol. The molecule has 0 aliphatic rings. The molecular weight excluding hydrogens is 375 g/mol. The van der Waals surface area contributed by atoms with Gasteiger partial charge >= 0.3 is 17.9 Å². The van der Waals surface area contributed by atoms with E-state index in [2.05, 4.69) is 6.58 Å². The van der Waals surface area contributed by atoms with E-state index in [1.807, 2.05) is 0 Å². The van der Waals surface area contributed by atoms with Gasteiger partial charge in [-0.25, -0.2) is 0 Å². The van der Waals surface area contributed by atoms with Gasteiger partial charge < -0.3 is 19.3 Å². The van der Waals surface area contributed by atoms with E-state index in [4.69, 9.17) is 37.4 Å². The number of carbonyl (C=O) groups is 3. The fourth-order valence-corrected chi connectivity index (χ4v) is 2.27. The van der Waals surface area contributed by atoms with Crippen LogP contribution in [-0.4, -0.2) is 59.7 Å². The van der Waals surface area contributed by atoms with Gasteiger partial charge in [-0.05, 0) is 20.3 Å². The summed E-state index contributed by atoms with van der Waals surface area (Å²) >= 11 is 10.8. The highest BCUT2D eigenvalue weighted by Gasteiger charge is 2.33. The van der Waals surface area contributed by atoms with Crippen molar-refractivity contribution in [2.45, 2.75) is 38.4 Å². The molecule has 0 bridgehead atoms. The second-order valence-electron chi connectivity index (χ2n) is 5.56. The van der Waals surface area contributed by atoms with Crippen LogP contribution in [0.2, 0.25) is 0 Å². The topological polar surface area (TPSA) is 99.1 Å². The molecule has 0 aliphatic heterocycles. The van der Waals surface area contributed by atoms with Crippen LogP contribution in [-0.2, 0) is 28.6 Å². The molecule has 1 N–H and O–H groups in total. The van der Waals surface area contributed by atoms with Crippen molar-refractivity contribution in [2.75, 3.05) is 25.0 Å². The minimum atomic E-state index is -1.44. The molecule has 7 nitrogen and oxygen atoms in total. The molecule has 0 spiro atoms. The van der Waals surface area contributed by atoms with Crippen LogP contribution in [0.1, 0.15) is 26.7 Å². The molecule has 3 atom stereocenters. The maximum absolute atomic E-state index is 11.6. The second kappa shape index (κ2) is 12.1. The van der Waals surface area contributed by atoms with Crippen molar-refractivity contribution in [1.82, 2.24) is 0 Å². The lowest BCUT2D eigenvalue weighted by atomic mass is 9.86. The van der Waals surface area contributed by atoms with E-state index >= 15 is 0 Å². The first-order valence-corrected chi connectivity index (χ1v) is 8.73. The molecule has 0 aliphatic carbocycles. The summed E-state index contributed by atoms with van der Waals surface area (Å²) in [4.78, 5) is 34.3. The third-order valence-electron chi connectivity index (χ3n) is 3.20. The third-order valence-corrected chi connectivity index (χ3v) is 3.63. The number of aliphatic hydroxyl groups is 1. The van der Waals surface area contributed by atoms with Crippen molar-refractivity contribution >= 4 is 41.1 Å². The van der Waals surface area contributed by atoms with Crippen molar-refractivity contribution in [3.63, 3.8) is 0 Å². The minimum absolute atomic E-state index is 0.0218.